The van der Waals surface area contributed by atoms with Crippen molar-refractivity contribution in [3.05, 3.63) is 18.2 Å². The number of amides is 1. The zero-order valence-corrected chi connectivity index (χ0v) is 14.3. The van der Waals surface area contributed by atoms with E-state index in [9.17, 15) is 4.79 Å². The second-order valence-corrected chi connectivity index (χ2v) is 5.87. The van der Waals surface area contributed by atoms with Gasteiger partial charge in [0.25, 0.3) is 0 Å². The Bertz CT molecular complexity index is 630. The van der Waals surface area contributed by atoms with E-state index in [-0.39, 0.29) is 5.91 Å². The summed E-state index contributed by atoms with van der Waals surface area (Å²) >= 11 is 1.45. The average Bonchev–Trinajstić information content (AvgIpc) is 2.92. The van der Waals surface area contributed by atoms with Crippen LogP contribution in [0.3, 0.4) is 0 Å². The van der Waals surface area contributed by atoms with Gasteiger partial charge in [-0.15, -0.1) is 0 Å². The van der Waals surface area contributed by atoms with E-state index in [4.69, 9.17) is 14.2 Å². The first-order chi connectivity index (χ1) is 11.2. The van der Waals surface area contributed by atoms with Gasteiger partial charge in [0.05, 0.1) is 30.0 Å². The Morgan fingerprint density at radius 1 is 1.30 bits per heavy atom. The molecular weight excluding hydrogens is 316 g/mol. The molecule has 2 rings (SSSR count). The number of carbonyl (C=O) groups is 1. The highest BCUT2D eigenvalue weighted by Crippen LogP contribution is 2.29. The number of hydrogen-bond donors (Lipinski definition) is 1. The lowest BCUT2D eigenvalue weighted by molar-refractivity contribution is -0.116. The summed E-state index contributed by atoms with van der Waals surface area (Å²) in [6, 6.07) is 5.72. The Morgan fingerprint density at radius 3 is 2.96 bits per heavy atom. The van der Waals surface area contributed by atoms with Gasteiger partial charge in [-0.3, -0.25) is 4.79 Å². The van der Waals surface area contributed by atoms with Gasteiger partial charge in [-0.2, -0.15) is 0 Å². The molecule has 2 aromatic rings. The number of benzene rings is 1. The molecule has 1 aromatic heterocycles. The number of methoxy groups -OCH3 is 1. The molecule has 1 aromatic carbocycles. The number of anilines is 1. The van der Waals surface area contributed by atoms with Crippen LogP contribution in [0.4, 0.5) is 5.13 Å². The van der Waals surface area contributed by atoms with Crippen LogP contribution in [0.2, 0.25) is 0 Å². The lowest BCUT2D eigenvalue weighted by Gasteiger charge is -2.03. The topological polar surface area (TPSA) is 69.7 Å². The summed E-state index contributed by atoms with van der Waals surface area (Å²) in [6.45, 7) is 4.25. The molecule has 23 heavy (non-hydrogen) atoms. The monoisotopic (exact) mass is 338 g/mol. The van der Waals surface area contributed by atoms with Crippen LogP contribution in [0.25, 0.3) is 10.2 Å². The number of nitrogens with one attached hydrogen (secondary N) is 1. The van der Waals surface area contributed by atoms with Crippen LogP contribution in [0.5, 0.6) is 5.75 Å². The maximum absolute atomic E-state index is 11.9. The highest BCUT2D eigenvalue weighted by atomic mass is 32.1. The molecule has 0 unspecified atom stereocenters. The Balaban J connectivity index is 1.80. The van der Waals surface area contributed by atoms with E-state index < -0.39 is 0 Å². The Hall–Kier alpha value is -1.70. The molecule has 1 N–H and O–H groups in total. The zero-order chi connectivity index (χ0) is 16.5. The fourth-order valence-corrected chi connectivity index (χ4v) is 2.89. The molecule has 0 aliphatic rings. The predicted octanol–water partition coefficient (Wildman–Crippen LogP) is 3.08. The van der Waals surface area contributed by atoms with Crippen molar-refractivity contribution in [3.8, 4) is 5.75 Å². The SMILES string of the molecule is CCOc1ccc2nc(NC(=O)CCCOCCOC)sc2c1. The molecule has 7 heteroatoms. The van der Waals surface area contributed by atoms with E-state index in [0.717, 1.165) is 16.0 Å². The Morgan fingerprint density at radius 2 is 2.17 bits per heavy atom. The normalized spacial score (nSPS) is 10.9. The number of rotatable bonds is 10. The van der Waals surface area contributed by atoms with Gasteiger partial charge < -0.3 is 19.5 Å². The fraction of sp³-hybridized carbons (Fsp3) is 0.500. The number of fused-ring (bicyclic) bond motifs is 1. The molecule has 1 heterocycles. The number of hydrogen-bond acceptors (Lipinski definition) is 6. The van der Waals surface area contributed by atoms with Crippen LogP contribution in [0.15, 0.2) is 18.2 Å². The summed E-state index contributed by atoms with van der Waals surface area (Å²) in [5, 5.41) is 3.44. The lowest BCUT2D eigenvalue weighted by Crippen LogP contribution is -2.12. The summed E-state index contributed by atoms with van der Waals surface area (Å²) in [6.07, 6.45) is 1.09. The molecule has 0 fully saturated rings. The van der Waals surface area contributed by atoms with Crippen molar-refractivity contribution in [2.75, 3.05) is 38.9 Å². The van der Waals surface area contributed by atoms with Gasteiger partial charge in [-0.1, -0.05) is 11.3 Å². The lowest BCUT2D eigenvalue weighted by atomic mass is 10.3. The van der Waals surface area contributed by atoms with E-state index in [1.807, 2.05) is 25.1 Å². The molecular formula is C16H22N2O4S. The molecule has 0 aliphatic carbocycles. The van der Waals surface area contributed by atoms with Gasteiger partial charge in [0.1, 0.15) is 5.75 Å². The summed E-state index contributed by atoms with van der Waals surface area (Å²) in [5.74, 6) is 0.763. The highest BCUT2D eigenvalue weighted by molar-refractivity contribution is 7.22. The summed E-state index contributed by atoms with van der Waals surface area (Å²) in [5.41, 5.74) is 0.858. The number of thiazole rings is 1. The van der Waals surface area contributed by atoms with Crippen molar-refractivity contribution >= 4 is 32.6 Å². The van der Waals surface area contributed by atoms with Crippen molar-refractivity contribution in [2.45, 2.75) is 19.8 Å². The standard InChI is InChI=1S/C16H22N2O4S/c1-3-22-12-6-7-13-14(11-12)23-16(17-13)18-15(19)5-4-8-21-10-9-20-2/h6-7,11H,3-5,8-10H2,1-2H3,(H,17,18,19). The third-order valence-electron chi connectivity index (χ3n) is 3.04. The van der Waals surface area contributed by atoms with Crippen molar-refractivity contribution in [1.29, 1.82) is 0 Å². The van der Waals surface area contributed by atoms with E-state index in [2.05, 4.69) is 10.3 Å². The van der Waals surface area contributed by atoms with Gasteiger partial charge in [0, 0.05) is 20.1 Å². The highest BCUT2D eigenvalue weighted by Gasteiger charge is 2.08. The van der Waals surface area contributed by atoms with Gasteiger partial charge in [0.15, 0.2) is 5.13 Å². The molecule has 0 radical (unpaired) electrons. The fourth-order valence-electron chi connectivity index (χ4n) is 1.98. The molecule has 0 saturated heterocycles. The van der Waals surface area contributed by atoms with E-state index >= 15 is 0 Å². The predicted molar refractivity (Wildman–Crippen MR) is 91.3 cm³/mol. The first kappa shape index (κ1) is 17.7. The summed E-state index contributed by atoms with van der Waals surface area (Å²) in [7, 11) is 1.63. The largest absolute Gasteiger partial charge is 0.494 e. The van der Waals surface area contributed by atoms with Crippen LogP contribution in [-0.2, 0) is 14.3 Å². The van der Waals surface area contributed by atoms with Crippen LogP contribution >= 0.6 is 11.3 Å². The Kier molecular flexibility index (Phi) is 7.25. The maximum atomic E-state index is 11.9. The van der Waals surface area contributed by atoms with Crippen LogP contribution < -0.4 is 10.1 Å². The number of nitrogens with zero attached hydrogens (tertiary/aromatic N) is 1. The summed E-state index contributed by atoms with van der Waals surface area (Å²) < 4.78 is 16.7. The molecule has 0 bridgehead atoms. The molecule has 0 spiro atoms. The molecule has 0 atom stereocenters. The third-order valence-corrected chi connectivity index (χ3v) is 3.98. The minimum Gasteiger partial charge on any atom is -0.494 e. The zero-order valence-electron chi connectivity index (χ0n) is 13.5. The van der Waals surface area contributed by atoms with Crippen molar-refractivity contribution in [3.63, 3.8) is 0 Å². The van der Waals surface area contributed by atoms with E-state index in [0.29, 0.717) is 44.4 Å². The quantitative estimate of drug-likeness (QED) is 0.674. The molecule has 126 valence electrons. The average molecular weight is 338 g/mol. The first-order valence-electron chi connectivity index (χ1n) is 7.63. The van der Waals surface area contributed by atoms with Gasteiger partial charge in [0.2, 0.25) is 5.91 Å². The maximum Gasteiger partial charge on any atom is 0.226 e. The Labute approximate surface area is 139 Å². The molecule has 1 amide bonds. The van der Waals surface area contributed by atoms with Crippen LogP contribution in [-0.4, -0.2) is 44.4 Å². The van der Waals surface area contributed by atoms with E-state index in [1.165, 1.54) is 11.3 Å². The minimum absolute atomic E-state index is 0.0515. The molecule has 6 nitrogen and oxygen atoms in total. The number of aromatic nitrogens is 1. The van der Waals surface area contributed by atoms with E-state index in [1.54, 1.807) is 7.11 Å². The number of ether oxygens (including phenoxy) is 3. The second-order valence-electron chi connectivity index (χ2n) is 4.84. The van der Waals surface area contributed by atoms with Crippen LogP contribution in [0, 0.1) is 0 Å². The smallest absolute Gasteiger partial charge is 0.226 e. The van der Waals surface area contributed by atoms with Crippen molar-refractivity contribution < 1.29 is 19.0 Å². The van der Waals surface area contributed by atoms with Crippen LogP contribution in [0.1, 0.15) is 19.8 Å². The first-order valence-corrected chi connectivity index (χ1v) is 8.44. The van der Waals surface area contributed by atoms with Crippen molar-refractivity contribution in [1.82, 2.24) is 4.98 Å². The van der Waals surface area contributed by atoms with Gasteiger partial charge in [-0.25, -0.2) is 4.98 Å². The van der Waals surface area contributed by atoms with Crippen molar-refractivity contribution in [2.24, 2.45) is 0 Å². The third kappa shape index (κ3) is 5.78. The summed E-state index contributed by atoms with van der Waals surface area (Å²) in [4.78, 5) is 16.3. The number of carbonyl (C=O) groups excluding carboxylic acids is 1. The second kappa shape index (κ2) is 9.44. The molecule has 0 aliphatic heterocycles. The molecule has 0 saturated carbocycles. The minimum atomic E-state index is -0.0515. The van der Waals surface area contributed by atoms with Gasteiger partial charge >= 0.3 is 0 Å². The van der Waals surface area contributed by atoms with Gasteiger partial charge in [-0.05, 0) is 31.5 Å².